The fourth-order valence-electron chi connectivity index (χ4n) is 11.1. The molecule has 0 aromatic carbocycles. The normalized spacial score (nSPS) is 52.7. The third-order valence-electron chi connectivity index (χ3n) is 13.2. The zero-order valence-corrected chi connectivity index (χ0v) is 24.4. The van der Waals surface area contributed by atoms with E-state index in [0.717, 1.165) is 68.8 Å². The third-order valence-corrected chi connectivity index (χ3v) is 13.2. The fourth-order valence-corrected chi connectivity index (χ4v) is 11.1. The maximum absolute atomic E-state index is 12.4. The van der Waals surface area contributed by atoms with E-state index in [1.807, 2.05) is 0 Å². The Bertz CT molecular complexity index is 847. The first kappa shape index (κ1) is 26.6. The Kier molecular flexibility index (Phi) is 7.04. The van der Waals surface area contributed by atoms with Gasteiger partial charge in [-0.1, -0.05) is 47.5 Å². The Hall–Kier alpha value is -0.610. The maximum Gasteiger partial charge on any atom is 0.306 e. The van der Waals surface area contributed by atoms with Crippen LogP contribution in [0.5, 0.6) is 0 Å². The molecule has 2 aliphatic heterocycles. The molecular weight excluding hydrogens is 460 g/mol. The third kappa shape index (κ3) is 4.25. The number of carbonyl (C=O) groups is 1. The maximum atomic E-state index is 12.4. The molecule has 2 heterocycles. The number of hydrogen-bond acceptors (Lipinski definition) is 4. The lowest BCUT2D eigenvalue weighted by molar-refractivity contribution is -0.273. The predicted molar refractivity (Wildman–Crippen MR) is 146 cm³/mol. The van der Waals surface area contributed by atoms with Crippen LogP contribution >= 0.6 is 0 Å². The van der Waals surface area contributed by atoms with Gasteiger partial charge < -0.3 is 14.2 Å². The summed E-state index contributed by atoms with van der Waals surface area (Å²) < 4.78 is 19.5. The zero-order chi connectivity index (χ0) is 26.0. The van der Waals surface area contributed by atoms with Gasteiger partial charge in [0.05, 0.1) is 12.7 Å². The highest BCUT2D eigenvalue weighted by molar-refractivity contribution is 5.69. The van der Waals surface area contributed by atoms with Gasteiger partial charge in [0.25, 0.3) is 0 Å². The molecule has 4 saturated carbocycles. The number of hydrogen-bond donors (Lipinski definition) is 0. The van der Waals surface area contributed by atoms with Crippen LogP contribution in [-0.2, 0) is 19.0 Å². The van der Waals surface area contributed by atoms with Gasteiger partial charge in [0.2, 0.25) is 0 Å². The Morgan fingerprint density at radius 2 is 1.73 bits per heavy atom. The predicted octanol–water partition coefficient (Wildman–Crippen LogP) is 7.93. The minimum atomic E-state index is -0.303. The van der Waals surface area contributed by atoms with Crippen LogP contribution in [0.1, 0.15) is 125 Å². The fraction of sp³-hybridized carbons (Fsp3) is 0.970. The van der Waals surface area contributed by atoms with Crippen molar-refractivity contribution in [3.63, 3.8) is 0 Å². The van der Waals surface area contributed by atoms with Crippen molar-refractivity contribution in [2.24, 2.45) is 52.3 Å². The van der Waals surface area contributed by atoms with Crippen molar-refractivity contribution >= 4 is 5.97 Å². The Balaban J connectivity index is 1.12. The molecule has 0 radical (unpaired) electrons. The molecule has 4 aliphatic carbocycles. The molecule has 2 saturated heterocycles. The molecule has 6 aliphatic rings. The first-order valence-corrected chi connectivity index (χ1v) is 16.2. The molecule has 210 valence electrons. The van der Waals surface area contributed by atoms with Crippen LogP contribution in [0.3, 0.4) is 0 Å². The summed E-state index contributed by atoms with van der Waals surface area (Å²) in [5.41, 5.74) is 0.818. The average Bonchev–Trinajstić information content (AvgIpc) is 3.31. The molecule has 4 nitrogen and oxygen atoms in total. The molecule has 0 bridgehead atoms. The zero-order valence-electron chi connectivity index (χ0n) is 24.4. The minimum Gasteiger partial charge on any atom is -0.462 e. The number of rotatable bonds is 5. The van der Waals surface area contributed by atoms with Gasteiger partial charge in [-0.25, -0.2) is 0 Å². The molecule has 0 amide bonds. The van der Waals surface area contributed by atoms with Crippen molar-refractivity contribution in [3.05, 3.63) is 0 Å². The van der Waals surface area contributed by atoms with Crippen LogP contribution < -0.4 is 0 Å². The lowest BCUT2D eigenvalue weighted by Crippen LogP contribution is -2.55. The first-order chi connectivity index (χ1) is 17.7. The van der Waals surface area contributed by atoms with E-state index < -0.39 is 0 Å². The molecule has 0 unspecified atom stereocenters. The van der Waals surface area contributed by atoms with Crippen molar-refractivity contribution in [3.8, 4) is 0 Å². The monoisotopic (exact) mass is 514 g/mol. The summed E-state index contributed by atoms with van der Waals surface area (Å²) in [6.45, 7) is 13.1. The number of carbonyl (C=O) groups excluding carboxylic acids is 1. The summed E-state index contributed by atoms with van der Waals surface area (Å²) in [7, 11) is 0. The van der Waals surface area contributed by atoms with Gasteiger partial charge in [-0.3, -0.25) is 4.79 Å². The number of esters is 1. The summed E-state index contributed by atoms with van der Waals surface area (Å²) in [6, 6.07) is 0. The van der Waals surface area contributed by atoms with Gasteiger partial charge in [0, 0.05) is 18.8 Å². The van der Waals surface area contributed by atoms with Crippen molar-refractivity contribution < 1.29 is 19.0 Å². The van der Waals surface area contributed by atoms with Crippen molar-refractivity contribution in [1.29, 1.82) is 0 Å². The molecule has 4 heteroatoms. The molecule has 0 aromatic heterocycles. The Morgan fingerprint density at radius 3 is 2.49 bits per heavy atom. The van der Waals surface area contributed by atoms with Gasteiger partial charge >= 0.3 is 5.97 Å². The van der Waals surface area contributed by atoms with Gasteiger partial charge in [-0.05, 0) is 111 Å². The van der Waals surface area contributed by atoms with Crippen LogP contribution in [0.4, 0.5) is 0 Å². The van der Waals surface area contributed by atoms with Gasteiger partial charge in [-0.2, -0.15) is 0 Å². The van der Waals surface area contributed by atoms with Crippen molar-refractivity contribution in [2.45, 2.75) is 143 Å². The van der Waals surface area contributed by atoms with E-state index in [9.17, 15) is 4.79 Å². The second-order valence-electron chi connectivity index (χ2n) is 15.0. The molecule has 12 atom stereocenters. The highest BCUT2D eigenvalue weighted by Crippen LogP contribution is 2.71. The second-order valence-corrected chi connectivity index (χ2v) is 15.0. The Morgan fingerprint density at radius 1 is 0.919 bits per heavy atom. The average molecular weight is 515 g/mol. The first-order valence-electron chi connectivity index (χ1n) is 16.2. The van der Waals surface area contributed by atoms with Crippen LogP contribution in [0.25, 0.3) is 0 Å². The quantitative estimate of drug-likeness (QED) is 0.276. The van der Waals surface area contributed by atoms with E-state index in [1.165, 1.54) is 44.9 Å². The van der Waals surface area contributed by atoms with E-state index in [0.29, 0.717) is 41.1 Å². The standard InChI is InChI=1S/C33H54O4/c1-6-7-8-9-29(34)36-24-13-15-31(4)23(18-24)10-11-25-26(31)14-16-32(5)27(25)19-28-30(32)22(3)33(37-28)17-12-21(2)20-35-33/h21-28,30H,6-20H2,1-5H3/t21-,22+,23-,24+,25+,26+,27+,28-,30-,31-,32-,33+/m0/s1. The van der Waals surface area contributed by atoms with E-state index in [2.05, 4.69) is 34.6 Å². The molecule has 0 aromatic rings. The van der Waals surface area contributed by atoms with Gasteiger partial charge in [-0.15, -0.1) is 0 Å². The van der Waals surface area contributed by atoms with Crippen molar-refractivity contribution in [2.75, 3.05) is 6.61 Å². The van der Waals surface area contributed by atoms with Crippen LogP contribution in [0.2, 0.25) is 0 Å². The molecule has 6 fully saturated rings. The van der Waals surface area contributed by atoms with Gasteiger partial charge in [0.15, 0.2) is 5.79 Å². The molecular formula is C33H54O4. The number of fused-ring (bicyclic) bond motifs is 7. The van der Waals surface area contributed by atoms with Crippen LogP contribution in [-0.4, -0.2) is 30.6 Å². The second kappa shape index (κ2) is 9.79. The van der Waals surface area contributed by atoms with E-state index in [-0.39, 0.29) is 17.9 Å². The SMILES string of the molecule is CCCCCC(=O)O[C@@H]1CC[C@@]2(C)[C@@H](CC[C@@H]3[C@H]2CC[C@]2(C)[C@@H]4[C@H](C[C@H]32)O[C@]2(CC[C@H](C)CO2)[C@@H]4C)C1. The highest BCUT2D eigenvalue weighted by Gasteiger charge is 2.69. The smallest absolute Gasteiger partial charge is 0.306 e. The topological polar surface area (TPSA) is 44.8 Å². The lowest BCUT2D eigenvalue weighted by Gasteiger charge is -2.61. The molecule has 0 N–H and O–H groups in total. The Labute approximate surface area is 226 Å². The summed E-state index contributed by atoms with van der Waals surface area (Å²) in [6.07, 6.45) is 16.8. The largest absolute Gasteiger partial charge is 0.462 e. The summed E-state index contributed by atoms with van der Waals surface area (Å²) >= 11 is 0. The van der Waals surface area contributed by atoms with Crippen molar-refractivity contribution in [1.82, 2.24) is 0 Å². The summed E-state index contributed by atoms with van der Waals surface area (Å²) in [5, 5.41) is 0. The number of unbranched alkanes of at least 4 members (excludes halogenated alkanes) is 2. The van der Waals surface area contributed by atoms with Gasteiger partial charge in [0.1, 0.15) is 6.10 Å². The lowest BCUT2D eigenvalue weighted by atomic mass is 9.44. The van der Waals surface area contributed by atoms with E-state index >= 15 is 0 Å². The number of ether oxygens (including phenoxy) is 3. The van der Waals surface area contributed by atoms with E-state index in [4.69, 9.17) is 14.2 Å². The highest BCUT2D eigenvalue weighted by atomic mass is 16.7. The molecule has 37 heavy (non-hydrogen) atoms. The minimum absolute atomic E-state index is 0.0463. The molecule has 1 spiro atoms. The molecule has 6 rings (SSSR count). The van der Waals surface area contributed by atoms with Crippen LogP contribution in [0, 0.1) is 52.3 Å². The van der Waals surface area contributed by atoms with E-state index in [1.54, 1.807) is 0 Å². The van der Waals surface area contributed by atoms with Crippen LogP contribution in [0.15, 0.2) is 0 Å². The summed E-state index contributed by atoms with van der Waals surface area (Å²) in [4.78, 5) is 12.4. The summed E-state index contributed by atoms with van der Waals surface area (Å²) in [5.74, 6) is 4.76.